The number of benzene rings is 1. The van der Waals surface area contributed by atoms with Crippen LogP contribution in [0.5, 0.6) is 0 Å². The number of nitro benzene ring substituents is 1. The number of sulfonamides is 1. The van der Waals surface area contributed by atoms with Crippen LogP contribution >= 0.6 is 0 Å². The SMILES string of the molecule is Cc1c([N+](=O)[O-])cccc1S(=O)(=O)N1CCCC1N. The number of nitrogens with two attached hydrogens (primary N) is 1. The predicted molar refractivity (Wildman–Crippen MR) is 68.9 cm³/mol. The second kappa shape index (κ2) is 4.87. The first-order valence-electron chi connectivity index (χ1n) is 5.87. The van der Waals surface area contributed by atoms with Crippen molar-refractivity contribution in [3.8, 4) is 0 Å². The minimum absolute atomic E-state index is 0.0425. The lowest BCUT2D eigenvalue weighted by molar-refractivity contribution is -0.385. The molecule has 0 spiro atoms. The Kier molecular flexibility index (Phi) is 3.57. The first-order valence-corrected chi connectivity index (χ1v) is 7.31. The van der Waals surface area contributed by atoms with Crippen LogP contribution < -0.4 is 5.73 Å². The smallest absolute Gasteiger partial charge is 0.273 e. The van der Waals surface area contributed by atoms with Crippen molar-refractivity contribution < 1.29 is 13.3 Å². The average Bonchev–Trinajstić information content (AvgIpc) is 2.75. The van der Waals surface area contributed by atoms with E-state index in [2.05, 4.69) is 0 Å². The highest BCUT2D eigenvalue weighted by atomic mass is 32.2. The number of hydrogen-bond acceptors (Lipinski definition) is 5. The van der Waals surface area contributed by atoms with Crippen molar-refractivity contribution in [2.24, 2.45) is 5.73 Å². The molecular weight excluding hydrogens is 270 g/mol. The summed E-state index contributed by atoms with van der Waals surface area (Å²) in [5, 5.41) is 10.9. The topological polar surface area (TPSA) is 107 Å². The number of nitrogens with zero attached hydrogens (tertiary/aromatic N) is 2. The van der Waals surface area contributed by atoms with Gasteiger partial charge in [0.1, 0.15) is 0 Å². The zero-order valence-corrected chi connectivity index (χ0v) is 11.3. The third-order valence-corrected chi connectivity index (χ3v) is 5.36. The Morgan fingerprint density at radius 3 is 2.68 bits per heavy atom. The van der Waals surface area contributed by atoms with Gasteiger partial charge in [0.25, 0.3) is 5.69 Å². The molecule has 2 rings (SSSR count). The lowest BCUT2D eigenvalue weighted by Gasteiger charge is -2.21. The fourth-order valence-corrected chi connectivity index (χ4v) is 4.10. The van der Waals surface area contributed by atoms with Gasteiger partial charge in [0.05, 0.1) is 16.0 Å². The molecular formula is C11H15N3O4S. The molecule has 1 aromatic rings. The van der Waals surface area contributed by atoms with Crippen LogP contribution in [-0.2, 0) is 10.0 Å². The summed E-state index contributed by atoms with van der Waals surface area (Å²) in [7, 11) is -3.77. The van der Waals surface area contributed by atoms with Crippen molar-refractivity contribution in [1.29, 1.82) is 0 Å². The standard InChI is InChI=1S/C11H15N3O4S/c1-8-9(14(15)16)4-2-5-10(8)19(17,18)13-7-3-6-11(13)12/h2,4-5,11H,3,6-7,12H2,1H3. The molecule has 1 aromatic carbocycles. The second-order valence-electron chi connectivity index (χ2n) is 4.48. The van der Waals surface area contributed by atoms with E-state index in [0.29, 0.717) is 19.4 Å². The van der Waals surface area contributed by atoms with Crippen LogP contribution in [0.3, 0.4) is 0 Å². The van der Waals surface area contributed by atoms with Gasteiger partial charge in [0.15, 0.2) is 0 Å². The van der Waals surface area contributed by atoms with E-state index in [-0.39, 0.29) is 16.1 Å². The van der Waals surface area contributed by atoms with Crippen LogP contribution in [0.2, 0.25) is 0 Å². The van der Waals surface area contributed by atoms with E-state index < -0.39 is 21.1 Å². The highest BCUT2D eigenvalue weighted by Crippen LogP contribution is 2.29. The average molecular weight is 285 g/mol. The summed E-state index contributed by atoms with van der Waals surface area (Å²) in [4.78, 5) is 10.2. The van der Waals surface area contributed by atoms with Crippen LogP contribution in [0.1, 0.15) is 18.4 Å². The molecule has 0 bridgehead atoms. The van der Waals surface area contributed by atoms with Crippen LogP contribution in [0, 0.1) is 17.0 Å². The Balaban J connectivity index is 2.52. The lowest BCUT2D eigenvalue weighted by Crippen LogP contribution is -2.41. The predicted octanol–water partition coefficient (Wildman–Crippen LogP) is 0.973. The number of hydrogen-bond donors (Lipinski definition) is 1. The van der Waals surface area contributed by atoms with Gasteiger partial charge in [-0.05, 0) is 25.8 Å². The van der Waals surface area contributed by atoms with Crippen LogP contribution in [0.25, 0.3) is 0 Å². The molecule has 1 aliphatic heterocycles. The molecule has 0 amide bonds. The van der Waals surface area contributed by atoms with Crippen molar-refractivity contribution in [1.82, 2.24) is 4.31 Å². The van der Waals surface area contributed by atoms with Crippen molar-refractivity contribution >= 4 is 15.7 Å². The first kappa shape index (κ1) is 13.9. The van der Waals surface area contributed by atoms with E-state index in [4.69, 9.17) is 5.73 Å². The summed E-state index contributed by atoms with van der Waals surface area (Å²) in [6.07, 6.45) is 0.755. The van der Waals surface area contributed by atoms with E-state index in [9.17, 15) is 18.5 Å². The van der Waals surface area contributed by atoms with Crippen molar-refractivity contribution in [2.75, 3.05) is 6.54 Å². The third-order valence-electron chi connectivity index (χ3n) is 3.29. The largest absolute Gasteiger partial charge is 0.315 e. The molecule has 7 nitrogen and oxygen atoms in total. The monoisotopic (exact) mass is 285 g/mol. The second-order valence-corrected chi connectivity index (χ2v) is 6.34. The van der Waals surface area contributed by atoms with E-state index in [0.717, 1.165) is 0 Å². The molecule has 1 unspecified atom stereocenters. The molecule has 0 aromatic heterocycles. The van der Waals surface area contributed by atoms with E-state index in [1.807, 2.05) is 0 Å². The van der Waals surface area contributed by atoms with Gasteiger partial charge < -0.3 is 5.73 Å². The Morgan fingerprint density at radius 2 is 2.16 bits per heavy atom. The molecule has 19 heavy (non-hydrogen) atoms. The van der Waals surface area contributed by atoms with Gasteiger partial charge >= 0.3 is 0 Å². The molecule has 1 fully saturated rings. The summed E-state index contributed by atoms with van der Waals surface area (Å²) in [6, 6.07) is 4.04. The fourth-order valence-electron chi connectivity index (χ4n) is 2.27. The van der Waals surface area contributed by atoms with Crippen LogP contribution in [0.15, 0.2) is 23.1 Å². The van der Waals surface area contributed by atoms with Crippen molar-refractivity contribution in [3.05, 3.63) is 33.9 Å². The minimum atomic E-state index is -3.77. The molecule has 0 radical (unpaired) electrons. The zero-order valence-electron chi connectivity index (χ0n) is 10.4. The van der Waals surface area contributed by atoms with Gasteiger partial charge in [0, 0.05) is 18.2 Å². The molecule has 2 N–H and O–H groups in total. The van der Waals surface area contributed by atoms with Gasteiger partial charge in [-0.1, -0.05) is 6.07 Å². The summed E-state index contributed by atoms with van der Waals surface area (Å²) in [6.45, 7) is 1.79. The molecule has 1 saturated heterocycles. The Bertz CT molecular complexity index is 614. The Labute approximate surface area is 111 Å². The van der Waals surface area contributed by atoms with E-state index >= 15 is 0 Å². The molecule has 0 saturated carbocycles. The van der Waals surface area contributed by atoms with Gasteiger partial charge in [-0.15, -0.1) is 0 Å². The molecule has 0 aliphatic carbocycles. The van der Waals surface area contributed by atoms with Gasteiger partial charge in [-0.3, -0.25) is 10.1 Å². The van der Waals surface area contributed by atoms with Crippen LogP contribution in [0.4, 0.5) is 5.69 Å². The van der Waals surface area contributed by atoms with E-state index in [1.165, 1.54) is 29.4 Å². The highest BCUT2D eigenvalue weighted by Gasteiger charge is 2.35. The molecule has 1 aliphatic rings. The first-order chi connectivity index (χ1) is 8.85. The maximum absolute atomic E-state index is 12.5. The minimum Gasteiger partial charge on any atom is -0.315 e. The van der Waals surface area contributed by atoms with Gasteiger partial charge in [0.2, 0.25) is 10.0 Å². The third kappa shape index (κ3) is 2.34. The molecule has 1 heterocycles. The summed E-state index contributed by atoms with van der Waals surface area (Å²) in [5.41, 5.74) is 5.71. The molecule has 104 valence electrons. The summed E-state index contributed by atoms with van der Waals surface area (Å²) >= 11 is 0. The van der Waals surface area contributed by atoms with Crippen molar-refractivity contribution in [2.45, 2.75) is 30.8 Å². The number of nitro groups is 1. The maximum atomic E-state index is 12.5. The lowest BCUT2D eigenvalue weighted by atomic mass is 10.2. The Morgan fingerprint density at radius 1 is 1.47 bits per heavy atom. The van der Waals surface area contributed by atoms with Gasteiger partial charge in [-0.2, -0.15) is 4.31 Å². The summed E-state index contributed by atoms with van der Waals surface area (Å²) < 4.78 is 26.1. The normalized spacial score (nSPS) is 20.6. The number of rotatable bonds is 3. The van der Waals surface area contributed by atoms with Crippen molar-refractivity contribution in [3.63, 3.8) is 0 Å². The zero-order chi connectivity index (χ0) is 14.2. The molecule has 1 atom stereocenters. The maximum Gasteiger partial charge on any atom is 0.273 e. The van der Waals surface area contributed by atoms with Crippen LogP contribution in [-0.4, -0.2) is 30.4 Å². The summed E-state index contributed by atoms with van der Waals surface area (Å²) in [5.74, 6) is 0. The molecule has 8 heteroatoms. The highest BCUT2D eigenvalue weighted by molar-refractivity contribution is 7.89. The Hall–Kier alpha value is -1.51. The fraction of sp³-hybridized carbons (Fsp3) is 0.455. The van der Waals surface area contributed by atoms with Gasteiger partial charge in [-0.25, -0.2) is 8.42 Å². The van der Waals surface area contributed by atoms with E-state index in [1.54, 1.807) is 0 Å². The quantitative estimate of drug-likeness (QED) is 0.658.